The fraction of sp³-hybridized carbons (Fsp3) is 0.250. The number of likely N-dealkylation sites (N-methyl/N-ethyl adjacent to an activating group) is 2. The van der Waals surface area contributed by atoms with Gasteiger partial charge in [0.15, 0.2) is 0 Å². The number of aromatic nitrogens is 2. The number of amides is 3. The van der Waals surface area contributed by atoms with Gasteiger partial charge in [0.1, 0.15) is 35.4 Å². The highest BCUT2D eigenvalue weighted by atomic mass is 16.5. The predicted octanol–water partition coefficient (Wildman–Crippen LogP) is 6.40. The molecule has 5 rings (SSSR count). The number of carbonyl (C=O) groups excluding carboxylic acids is 2. The Hall–Kier alpha value is -5.93. The van der Waals surface area contributed by atoms with Gasteiger partial charge in [-0.3, -0.25) is 4.79 Å². The quantitative estimate of drug-likeness (QED) is 0.111. The van der Waals surface area contributed by atoms with Crippen LogP contribution in [0.3, 0.4) is 0 Å². The molecule has 3 amide bonds. The topological polar surface area (TPSA) is 139 Å². The third kappa shape index (κ3) is 8.86. The van der Waals surface area contributed by atoms with Crippen molar-refractivity contribution in [3.63, 3.8) is 0 Å². The number of ether oxygens (including phenoxy) is 1. The molecular formula is C36H39N9O3. The number of nitrogens with one attached hydrogen (secondary N) is 3. The molecule has 3 aromatic carbocycles. The highest BCUT2D eigenvalue weighted by Gasteiger charge is 2.24. The molecule has 1 saturated carbocycles. The van der Waals surface area contributed by atoms with E-state index >= 15 is 0 Å². The average molecular weight is 646 g/mol. The second-order valence-corrected chi connectivity index (χ2v) is 11.7. The molecule has 0 atom stereocenters. The number of anilines is 7. The molecule has 246 valence electrons. The summed E-state index contributed by atoms with van der Waals surface area (Å²) in [5, 5.41) is 18.5. The van der Waals surface area contributed by atoms with Crippen LogP contribution in [0.1, 0.15) is 12.8 Å². The van der Waals surface area contributed by atoms with Crippen molar-refractivity contribution in [2.45, 2.75) is 12.8 Å². The Morgan fingerprint density at radius 2 is 1.69 bits per heavy atom. The van der Waals surface area contributed by atoms with Crippen LogP contribution in [0.4, 0.5) is 44.9 Å². The minimum Gasteiger partial charge on any atom is -0.494 e. The van der Waals surface area contributed by atoms with E-state index in [1.165, 1.54) is 11.2 Å². The largest absolute Gasteiger partial charge is 0.494 e. The zero-order valence-corrected chi connectivity index (χ0v) is 27.5. The van der Waals surface area contributed by atoms with E-state index in [2.05, 4.69) is 35.7 Å². The Labute approximate surface area is 280 Å². The summed E-state index contributed by atoms with van der Waals surface area (Å²) >= 11 is 0. The fourth-order valence-electron chi connectivity index (χ4n) is 4.81. The van der Waals surface area contributed by atoms with E-state index in [1.54, 1.807) is 55.7 Å². The van der Waals surface area contributed by atoms with Gasteiger partial charge in [-0.05, 0) is 75.3 Å². The average Bonchev–Trinajstić information content (AvgIpc) is 3.91. The SMILES string of the molecule is COc1cc(N(C)CCN(C)C)ccc1Nc1cc(N(C(=O)Nc2ccccc2)c2cccc(NC(=O)/C(C#N)=C\C3CC3)c2)ncn1. The van der Waals surface area contributed by atoms with Crippen molar-refractivity contribution in [3.8, 4) is 11.8 Å². The van der Waals surface area contributed by atoms with Crippen LogP contribution in [-0.2, 0) is 4.79 Å². The Kier molecular flexibility index (Phi) is 10.8. The maximum Gasteiger partial charge on any atom is 0.332 e. The van der Waals surface area contributed by atoms with Crippen LogP contribution in [0.15, 0.2) is 96.8 Å². The van der Waals surface area contributed by atoms with Gasteiger partial charge in [-0.1, -0.05) is 30.3 Å². The number of benzene rings is 3. The molecule has 1 heterocycles. The lowest BCUT2D eigenvalue weighted by atomic mass is 10.2. The van der Waals surface area contributed by atoms with Crippen LogP contribution in [0.5, 0.6) is 5.75 Å². The van der Waals surface area contributed by atoms with Crippen LogP contribution in [0.25, 0.3) is 0 Å². The lowest BCUT2D eigenvalue weighted by molar-refractivity contribution is -0.112. The Morgan fingerprint density at radius 3 is 2.40 bits per heavy atom. The predicted molar refractivity (Wildman–Crippen MR) is 189 cm³/mol. The summed E-state index contributed by atoms with van der Waals surface area (Å²) < 4.78 is 5.70. The number of allylic oxidation sites excluding steroid dienone is 1. The second kappa shape index (κ2) is 15.6. The molecule has 12 nitrogen and oxygen atoms in total. The Balaban J connectivity index is 1.43. The molecular weight excluding hydrogens is 606 g/mol. The summed E-state index contributed by atoms with van der Waals surface area (Å²) in [6.07, 6.45) is 5.02. The van der Waals surface area contributed by atoms with Gasteiger partial charge in [-0.2, -0.15) is 5.26 Å². The Morgan fingerprint density at radius 1 is 0.917 bits per heavy atom. The lowest BCUT2D eigenvalue weighted by Gasteiger charge is -2.24. The molecule has 0 aliphatic heterocycles. The molecule has 1 aliphatic rings. The molecule has 1 aliphatic carbocycles. The van der Waals surface area contributed by atoms with Crippen molar-refractivity contribution in [1.29, 1.82) is 5.26 Å². The first-order valence-electron chi connectivity index (χ1n) is 15.6. The van der Waals surface area contributed by atoms with Gasteiger partial charge in [0.05, 0.1) is 18.5 Å². The standard InChI is InChI=1S/C36H39N9O3/c1-43(2)17-18-44(3)29-15-16-31(32(21-29)48-4)42-33-22-34(39-24-38-33)45(36(47)41-27-9-6-5-7-10-27)30-12-8-11-28(20-30)40-35(46)26(23-37)19-25-13-14-25/h5-12,15-16,19-22,24-25H,13-14,17-18H2,1-4H3,(H,40,46)(H,41,47)(H,38,39,42)/b26-19-. The zero-order valence-electron chi connectivity index (χ0n) is 27.5. The van der Waals surface area contributed by atoms with Gasteiger partial charge >= 0.3 is 6.03 Å². The summed E-state index contributed by atoms with van der Waals surface area (Å²) in [5.41, 5.74) is 3.19. The number of nitriles is 1. The van der Waals surface area contributed by atoms with E-state index in [9.17, 15) is 14.9 Å². The number of hydrogen-bond donors (Lipinski definition) is 3. The summed E-state index contributed by atoms with van der Waals surface area (Å²) in [6.45, 7) is 1.76. The third-order valence-electron chi connectivity index (χ3n) is 7.63. The van der Waals surface area contributed by atoms with Crippen molar-refractivity contribution in [1.82, 2.24) is 14.9 Å². The summed E-state index contributed by atoms with van der Waals surface area (Å²) in [6, 6.07) is 24.9. The van der Waals surface area contributed by atoms with Crippen LogP contribution >= 0.6 is 0 Å². The maximum atomic E-state index is 13.9. The van der Waals surface area contributed by atoms with Crippen LogP contribution in [0, 0.1) is 17.2 Å². The zero-order chi connectivity index (χ0) is 34.0. The van der Waals surface area contributed by atoms with Crippen LogP contribution in [0.2, 0.25) is 0 Å². The van der Waals surface area contributed by atoms with Crippen molar-refractivity contribution >= 4 is 52.0 Å². The number of nitrogens with zero attached hydrogens (tertiary/aromatic N) is 6. The van der Waals surface area contributed by atoms with Gasteiger partial charge in [-0.15, -0.1) is 0 Å². The molecule has 3 N–H and O–H groups in total. The number of urea groups is 1. The van der Waals surface area contributed by atoms with Crippen LogP contribution in [-0.4, -0.2) is 68.1 Å². The first-order chi connectivity index (χ1) is 23.2. The summed E-state index contributed by atoms with van der Waals surface area (Å²) in [4.78, 5) is 41.3. The number of carbonyl (C=O) groups is 2. The number of methoxy groups -OCH3 is 1. The van der Waals surface area contributed by atoms with Crippen LogP contribution < -0.4 is 30.5 Å². The molecule has 4 aromatic rings. The first-order valence-corrected chi connectivity index (χ1v) is 15.6. The minimum atomic E-state index is -0.501. The maximum absolute atomic E-state index is 13.9. The summed E-state index contributed by atoms with van der Waals surface area (Å²) in [5.74, 6) is 1.09. The molecule has 0 radical (unpaired) electrons. The van der Waals surface area contributed by atoms with E-state index in [4.69, 9.17) is 4.74 Å². The smallest absolute Gasteiger partial charge is 0.332 e. The monoisotopic (exact) mass is 645 g/mol. The lowest BCUT2D eigenvalue weighted by Crippen LogP contribution is -2.31. The molecule has 48 heavy (non-hydrogen) atoms. The van der Waals surface area contributed by atoms with Crippen molar-refractivity contribution in [3.05, 3.63) is 96.8 Å². The highest BCUT2D eigenvalue weighted by molar-refractivity contribution is 6.09. The van der Waals surface area contributed by atoms with E-state index < -0.39 is 11.9 Å². The van der Waals surface area contributed by atoms with Gasteiger partial charge in [0.25, 0.3) is 5.91 Å². The first kappa shape index (κ1) is 33.4. The summed E-state index contributed by atoms with van der Waals surface area (Å²) in [7, 11) is 7.72. The van der Waals surface area contributed by atoms with Gasteiger partial charge < -0.3 is 30.5 Å². The molecule has 0 bridgehead atoms. The van der Waals surface area contributed by atoms with Gasteiger partial charge in [-0.25, -0.2) is 19.7 Å². The number of para-hydroxylation sites is 1. The van der Waals surface area contributed by atoms with E-state index in [-0.39, 0.29) is 17.3 Å². The van der Waals surface area contributed by atoms with Crippen molar-refractivity contribution in [2.24, 2.45) is 5.92 Å². The molecule has 0 unspecified atom stereocenters. The number of rotatable bonds is 13. The van der Waals surface area contributed by atoms with E-state index in [0.29, 0.717) is 34.3 Å². The molecule has 1 fully saturated rings. The molecule has 1 aromatic heterocycles. The number of hydrogen-bond acceptors (Lipinski definition) is 9. The molecule has 0 spiro atoms. The Bertz CT molecular complexity index is 1820. The highest BCUT2D eigenvalue weighted by Crippen LogP contribution is 2.34. The molecule has 12 heteroatoms. The fourth-order valence-corrected chi connectivity index (χ4v) is 4.81. The third-order valence-corrected chi connectivity index (χ3v) is 7.63. The van der Waals surface area contributed by atoms with Crippen molar-refractivity contribution in [2.75, 3.05) is 67.1 Å². The second-order valence-electron chi connectivity index (χ2n) is 11.7. The van der Waals surface area contributed by atoms with E-state index in [1.807, 2.05) is 63.6 Å². The van der Waals surface area contributed by atoms with Crippen molar-refractivity contribution < 1.29 is 14.3 Å². The van der Waals surface area contributed by atoms with E-state index in [0.717, 1.165) is 31.6 Å². The normalized spacial score (nSPS) is 12.5. The van der Waals surface area contributed by atoms with Gasteiger partial charge in [0.2, 0.25) is 0 Å². The van der Waals surface area contributed by atoms with Gasteiger partial charge in [0, 0.05) is 49.3 Å². The molecule has 0 saturated heterocycles. The minimum absolute atomic E-state index is 0.0664.